The summed E-state index contributed by atoms with van der Waals surface area (Å²) >= 11 is 0. The molecule has 1 aromatic heterocycles. The van der Waals surface area contributed by atoms with E-state index >= 15 is 0 Å². The summed E-state index contributed by atoms with van der Waals surface area (Å²) in [5.41, 5.74) is 0.384. The highest BCUT2D eigenvalue weighted by Crippen LogP contribution is 2.27. The number of esters is 1. The SMILES string of the molecule is C=CC(OC(C)=O)c1cccc2nnn(N(C(C)=O)C(=O)OC(C)(C)C)c12. The lowest BCUT2D eigenvalue weighted by Gasteiger charge is -2.25. The molecule has 0 N–H and O–H groups in total. The Balaban J connectivity index is 2.63. The number of ether oxygens (including phenoxy) is 2. The lowest BCUT2D eigenvalue weighted by atomic mass is 10.1. The number of fused-ring (bicyclic) bond motifs is 1. The molecular weight excluding hydrogens is 352 g/mol. The number of carbonyl (C=O) groups excluding carboxylic acids is 3. The van der Waals surface area contributed by atoms with E-state index in [0.717, 1.165) is 9.80 Å². The minimum atomic E-state index is -0.903. The molecule has 9 heteroatoms. The Labute approximate surface area is 156 Å². The van der Waals surface area contributed by atoms with Crippen LogP contribution in [0.4, 0.5) is 4.79 Å². The lowest BCUT2D eigenvalue weighted by molar-refractivity contribution is -0.144. The molecule has 0 saturated carbocycles. The Kier molecular flexibility index (Phi) is 5.63. The van der Waals surface area contributed by atoms with Gasteiger partial charge >= 0.3 is 12.1 Å². The van der Waals surface area contributed by atoms with E-state index in [-0.39, 0.29) is 0 Å². The summed E-state index contributed by atoms with van der Waals surface area (Å²) in [5.74, 6) is -1.13. The Morgan fingerprint density at radius 1 is 1.26 bits per heavy atom. The molecule has 2 aromatic rings. The quantitative estimate of drug-likeness (QED) is 0.598. The van der Waals surface area contributed by atoms with E-state index in [1.165, 1.54) is 19.9 Å². The second-order valence-electron chi connectivity index (χ2n) is 6.77. The number of hydrogen-bond acceptors (Lipinski definition) is 7. The average Bonchev–Trinajstić information content (AvgIpc) is 2.94. The fraction of sp³-hybridized carbons (Fsp3) is 0.389. The molecule has 0 aliphatic heterocycles. The van der Waals surface area contributed by atoms with Gasteiger partial charge in [0.05, 0.1) is 0 Å². The molecule has 27 heavy (non-hydrogen) atoms. The van der Waals surface area contributed by atoms with Crippen molar-refractivity contribution in [3.05, 3.63) is 36.4 Å². The van der Waals surface area contributed by atoms with Crippen molar-refractivity contribution in [2.45, 2.75) is 46.3 Å². The summed E-state index contributed by atoms with van der Waals surface area (Å²) in [6.45, 7) is 11.2. The van der Waals surface area contributed by atoms with Gasteiger partial charge in [0.15, 0.2) is 0 Å². The summed E-state index contributed by atoms with van der Waals surface area (Å²) in [4.78, 5) is 37.2. The summed E-state index contributed by atoms with van der Waals surface area (Å²) in [6.07, 6.45) is -0.283. The molecule has 2 amide bonds. The third kappa shape index (κ3) is 4.49. The zero-order chi connectivity index (χ0) is 20.4. The number of hydrogen-bond donors (Lipinski definition) is 0. The number of benzene rings is 1. The second kappa shape index (κ2) is 7.56. The summed E-state index contributed by atoms with van der Waals surface area (Å²) in [5, 5.41) is 8.65. The molecule has 0 aliphatic rings. The number of carbonyl (C=O) groups is 3. The van der Waals surface area contributed by atoms with Crippen LogP contribution >= 0.6 is 0 Å². The molecule has 1 aromatic carbocycles. The zero-order valence-corrected chi connectivity index (χ0v) is 15.9. The summed E-state index contributed by atoms with van der Waals surface area (Å²) in [7, 11) is 0. The van der Waals surface area contributed by atoms with Crippen molar-refractivity contribution in [2.75, 3.05) is 5.01 Å². The van der Waals surface area contributed by atoms with E-state index in [0.29, 0.717) is 16.6 Å². The molecule has 0 radical (unpaired) electrons. The van der Waals surface area contributed by atoms with Gasteiger partial charge in [0, 0.05) is 19.4 Å². The predicted octanol–water partition coefficient (Wildman–Crippen LogP) is 2.64. The van der Waals surface area contributed by atoms with Crippen LogP contribution in [0.25, 0.3) is 11.0 Å². The summed E-state index contributed by atoms with van der Waals surface area (Å²) < 4.78 is 10.6. The minimum absolute atomic E-state index is 0.324. The molecular formula is C18H22N4O5. The van der Waals surface area contributed by atoms with Gasteiger partial charge in [0.1, 0.15) is 22.7 Å². The molecule has 9 nitrogen and oxygen atoms in total. The molecule has 0 aliphatic carbocycles. The van der Waals surface area contributed by atoms with Crippen molar-refractivity contribution >= 4 is 29.0 Å². The molecule has 0 bridgehead atoms. The molecule has 2 rings (SSSR count). The molecule has 0 fully saturated rings. The lowest BCUT2D eigenvalue weighted by Crippen LogP contribution is -2.47. The van der Waals surface area contributed by atoms with E-state index in [4.69, 9.17) is 9.47 Å². The van der Waals surface area contributed by atoms with Gasteiger partial charge in [-0.3, -0.25) is 9.59 Å². The highest BCUT2D eigenvalue weighted by atomic mass is 16.6. The molecule has 0 saturated heterocycles. The number of imide groups is 1. The van der Waals surface area contributed by atoms with Crippen LogP contribution < -0.4 is 5.01 Å². The van der Waals surface area contributed by atoms with Gasteiger partial charge in [0.25, 0.3) is 0 Å². The molecule has 1 heterocycles. The first-order valence-corrected chi connectivity index (χ1v) is 8.23. The van der Waals surface area contributed by atoms with Crippen LogP contribution in [0.3, 0.4) is 0 Å². The largest absolute Gasteiger partial charge is 0.453 e. The third-order valence-corrected chi connectivity index (χ3v) is 3.35. The van der Waals surface area contributed by atoms with Crippen LogP contribution in [0.2, 0.25) is 0 Å². The Hall–Kier alpha value is -3.23. The van der Waals surface area contributed by atoms with E-state index in [2.05, 4.69) is 16.9 Å². The fourth-order valence-corrected chi connectivity index (χ4v) is 2.41. The maximum absolute atomic E-state index is 12.6. The number of nitrogens with zero attached hydrogens (tertiary/aromatic N) is 4. The fourth-order valence-electron chi connectivity index (χ4n) is 2.41. The van der Waals surface area contributed by atoms with Gasteiger partial charge in [-0.25, -0.2) is 4.79 Å². The van der Waals surface area contributed by atoms with E-state index in [1.807, 2.05) is 0 Å². The van der Waals surface area contributed by atoms with E-state index < -0.39 is 29.7 Å². The number of amides is 2. The highest BCUT2D eigenvalue weighted by Gasteiger charge is 2.30. The maximum atomic E-state index is 12.6. The van der Waals surface area contributed by atoms with Crippen molar-refractivity contribution in [3.8, 4) is 0 Å². The smallest absolute Gasteiger partial charge is 0.438 e. The van der Waals surface area contributed by atoms with E-state index in [9.17, 15) is 14.4 Å². The van der Waals surface area contributed by atoms with E-state index in [1.54, 1.807) is 39.0 Å². The number of rotatable bonds is 4. The van der Waals surface area contributed by atoms with Gasteiger partial charge in [0.2, 0.25) is 5.91 Å². The van der Waals surface area contributed by atoms with Gasteiger partial charge in [-0.1, -0.05) is 18.7 Å². The van der Waals surface area contributed by atoms with Crippen molar-refractivity contribution in [1.29, 1.82) is 0 Å². The number of para-hydroxylation sites is 1. The van der Waals surface area contributed by atoms with Crippen molar-refractivity contribution in [1.82, 2.24) is 15.1 Å². The van der Waals surface area contributed by atoms with Crippen molar-refractivity contribution in [3.63, 3.8) is 0 Å². The van der Waals surface area contributed by atoms with Crippen LogP contribution in [0, 0.1) is 0 Å². The summed E-state index contributed by atoms with van der Waals surface area (Å²) in [6, 6.07) is 5.02. The van der Waals surface area contributed by atoms with Crippen molar-refractivity contribution < 1.29 is 23.9 Å². The standard InChI is InChI=1S/C18H22N4O5/c1-7-15(26-12(3)24)13-9-8-10-14-16(13)22(20-19-14)21(11(2)23)17(25)27-18(4,5)6/h7-10,15H,1H2,2-6H3. The average molecular weight is 374 g/mol. The maximum Gasteiger partial charge on any atom is 0.438 e. The van der Waals surface area contributed by atoms with Gasteiger partial charge in [-0.15, -0.1) is 14.9 Å². The first-order valence-electron chi connectivity index (χ1n) is 8.23. The molecule has 144 valence electrons. The normalized spacial score (nSPS) is 12.3. The van der Waals surface area contributed by atoms with Gasteiger partial charge < -0.3 is 9.47 Å². The first-order chi connectivity index (χ1) is 12.5. The van der Waals surface area contributed by atoms with Crippen LogP contribution in [0.15, 0.2) is 30.9 Å². The minimum Gasteiger partial charge on any atom is -0.453 e. The van der Waals surface area contributed by atoms with Crippen LogP contribution in [0.1, 0.15) is 46.3 Å². The van der Waals surface area contributed by atoms with Gasteiger partial charge in [-0.2, -0.15) is 0 Å². The third-order valence-electron chi connectivity index (χ3n) is 3.35. The monoisotopic (exact) mass is 374 g/mol. The van der Waals surface area contributed by atoms with Gasteiger partial charge in [-0.05, 0) is 38.1 Å². The first kappa shape index (κ1) is 20.1. The molecule has 1 unspecified atom stereocenters. The van der Waals surface area contributed by atoms with Crippen LogP contribution in [0.5, 0.6) is 0 Å². The Morgan fingerprint density at radius 2 is 1.93 bits per heavy atom. The van der Waals surface area contributed by atoms with Crippen molar-refractivity contribution in [2.24, 2.45) is 0 Å². The Bertz CT molecular complexity index is 897. The van der Waals surface area contributed by atoms with Crippen LogP contribution in [-0.4, -0.2) is 38.7 Å². The highest BCUT2D eigenvalue weighted by molar-refractivity contribution is 6.05. The Morgan fingerprint density at radius 3 is 2.44 bits per heavy atom. The molecule has 1 atom stereocenters. The topological polar surface area (TPSA) is 104 Å². The number of aromatic nitrogens is 3. The van der Waals surface area contributed by atoms with Crippen LogP contribution in [-0.2, 0) is 19.1 Å². The molecule has 0 spiro atoms. The predicted molar refractivity (Wildman–Crippen MR) is 97.4 cm³/mol. The second-order valence-corrected chi connectivity index (χ2v) is 6.77. The zero-order valence-electron chi connectivity index (χ0n) is 15.9.